The smallest absolute Gasteiger partial charge is 0.119 e. The fourth-order valence-corrected chi connectivity index (χ4v) is 2.87. The van der Waals surface area contributed by atoms with Crippen molar-refractivity contribution in [2.24, 2.45) is 0 Å². The highest BCUT2D eigenvalue weighted by Gasteiger charge is 2.28. The van der Waals surface area contributed by atoms with Gasteiger partial charge in [0.2, 0.25) is 0 Å². The fourth-order valence-electron chi connectivity index (χ4n) is 2.87. The third-order valence-corrected chi connectivity index (χ3v) is 4.08. The first-order valence-corrected chi connectivity index (χ1v) is 6.96. The van der Waals surface area contributed by atoms with Crippen molar-refractivity contribution in [1.82, 2.24) is 10.6 Å². The number of benzene rings is 1. The van der Waals surface area contributed by atoms with Crippen LogP contribution in [0.3, 0.4) is 0 Å². The number of rotatable bonds is 3. The van der Waals surface area contributed by atoms with E-state index in [1.165, 1.54) is 24.0 Å². The molecule has 18 heavy (non-hydrogen) atoms. The van der Waals surface area contributed by atoms with Gasteiger partial charge in [-0.15, -0.1) is 0 Å². The van der Waals surface area contributed by atoms with E-state index in [4.69, 9.17) is 4.74 Å². The Hall–Kier alpha value is -1.06. The molecule has 0 aromatic heterocycles. The Morgan fingerprint density at radius 1 is 1.28 bits per heavy atom. The number of ether oxygens (including phenoxy) is 1. The Morgan fingerprint density at radius 2 is 2.22 bits per heavy atom. The van der Waals surface area contributed by atoms with Crippen molar-refractivity contribution in [3.63, 3.8) is 0 Å². The molecular formula is C15H22N2O. The topological polar surface area (TPSA) is 33.3 Å². The molecular weight excluding hydrogens is 224 g/mol. The van der Waals surface area contributed by atoms with Gasteiger partial charge in [0.1, 0.15) is 12.4 Å². The van der Waals surface area contributed by atoms with Gasteiger partial charge in [0.15, 0.2) is 0 Å². The summed E-state index contributed by atoms with van der Waals surface area (Å²) in [6.45, 7) is 6.21. The minimum absolute atomic E-state index is 0.164. The van der Waals surface area contributed by atoms with Crippen LogP contribution >= 0.6 is 0 Å². The minimum atomic E-state index is 0.164. The van der Waals surface area contributed by atoms with Crippen LogP contribution in [0.4, 0.5) is 0 Å². The van der Waals surface area contributed by atoms with E-state index >= 15 is 0 Å². The van der Waals surface area contributed by atoms with Gasteiger partial charge in [-0.1, -0.05) is 6.07 Å². The predicted octanol–water partition coefficient (Wildman–Crippen LogP) is 1.85. The number of fused-ring (bicyclic) bond motifs is 1. The molecule has 3 nitrogen and oxygen atoms in total. The lowest BCUT2D eigenvalue weighted by Gasteiger charge is -2.25. The minimum Gasteiger partial charge on any atom is -0.492 e. The summed E-state index contributed by atoms with van der Waals surface area (Å²) >= 11 is 0. The molecule has 3 heteroatoms. The third-order valence-electron chi connectivity index (χ3n) is 4.08. The van der Waals surface area contributed by atoms with E-state index in [0.29, 0.717) is 0 Å². The molecule has 1 saturated heterocycles. The highest BCUT2D eigenvalue weighted by Crippen LogP contribution is 2.23. The summed E-state index contributed by atoms with van der Waals surface area (Å²) in [6, 6.07) is 6.51. The van der Waals surface area contributed by atoms with Gasteiger partial charge in [0.05, 0.1) is 0 Å². The average Bonchev–Trinajstić information content (AvgIpc) is 2.84. The molecule has 2 aliphatic heterocycles. The SMILES string of the molecule is CC1(COc2ccc3c(c2)CCNC3)CCCN1. The van der Waals surface area contributed by atoms with Crippen molar-refractivity contribution in [3.8, 4) is 5.75 Å². The van der Waals surface area contributed by atoms with Gasteiger partial charge in [-0.2, -0.15) is 0 Å². The highest BCUT2D eigenvalue weighted by molar-refractivity contribution is 5.37. The summed E-state index contributed by atoms with van der Waals surface area (Å²) in [6.07, 6.45) is 3.58. The molecule has 2 N–H and O–H groups in total. The van der Waals surface area contributed by atoms with Crippen molar-refractivity contribution in [2.45, 2.75) is 38.3 Å². The van der Waals surface area contributed by atoms with E-state index < -0.39 is 0 Å². The van der Waals surface area contributed by atoms with Gasteiger partial charge in [0.25, 0.3) is 0 Å². The Labute approximate surface area is 109 Å². The van der Waals surface area contributed by atoms with Crippen LogP contribution in [-0.2, 0) is 13.0 Å². The maximum absolute atomic E-state index is 5.98. The van der Waals surface area contributed by atoms with Crippen LogP contribution < -0.4 is 15.4 Å². The number of hydrogen-bond donors (Lipinski definition) is 2. The first-order valence-electron chi connectivity index (χ1n) is 6.96. The van der Waals surface area contributed by atoms with Crippen LogP contribution in [0, 0.1) is 0 Å². The van der Waals surface area contributed by atoms with Crippen LogP contribution in [0.2, 0.25) is 0 Å². The van der Waals surface area contributed by atoms with E-state index in [1.54, 1.807) is 0 Å². The zero-order chi connectivity index (χ0) is 12.4. The monoisotopic (exact) mass is 246 g/mol. The lowest BCUT2D eigenvalue weighted by Crippen LogP contribution is -2.42. The largest absolute Gasteiger partial charge is 0.492 e. The molecule has 1 aromatic rings. The second-order valence-corrected chi connectivity index (χ2v) is 5.74. The zero-order valence-electron chi connectivity index (χ0n) is 11.1. The lowest BCUT2D eigenvalue weighted by molar-refractivity contribution is 0.212. The predicted molar refractivity (Wildman–Crippen MR) is 73.0 cm³/mol. The van der Waals surface area contributed by atoms with Gasteiger partial charge in [-0.3, -0.25) is 0 Å². The Balaban J connectivity index is 1.66. The molecule has 1 unspecified atom stereocenters. The second kappa shape index (κ2) is 4.90. The third kappa shape index (κ3) is 2.52. The van der Waals surface area contributed by atoms with Gasteiger partial charge >= 0.3 is 0 Å². The quantitative estimate of drug-likeness (QED) is 0.854. The molecule has 0 saturated carbocycles. The van der Waals surface area contributed by atoms with E-state index in [0.717, 1.165) is 38.4 Å². The molecule has 1 fully saturated rings. The highest BCUT2D eigenvalue weighted by atomic mass is 16.5. The zero-order valence-corrected chi connectivity index (χ0v) is 11.1. The van der Waals surface area contributed by atoms with E-state index in [-0.39, 0.29) is 5.54 Å². The normalized spacial score (nSPS) is 26.9. The Kier molecular flexibility index (Phi) is 3.27. The maximum atomic E-state index is 5.98. The van der Waals surface area contributed by atoms with Gasteiger partial charge in [0, 0.05) is 12.1 Å². The molecule has 0 bridgehead atoms. The number of hydrogen-bond acceptors (Lipinski definition) is 3. The molecule has 98 valence electrons. The summed E-state index contributed by atoms with van der Waals surface area (Å²) in [4.78, 5) is 0. The Morgan fingerprint density at radius 3 is 3.06 bits per heavy atom. The van der Waals surface area contributed by atoms with Gasteiger partial charge in [-0.05, 0) is 62.5 Å². The molecule has 0 amide bonds. The molecule has 0 spiro atoms. The Bertz CT molecular complexity index is 425. The average molecular weight is 246 g/mol. The summed E-state index contributed by atoms with van der Waals surface area (Å²) in [5, 5.41) is 6.92. The van der Waals surface area contributed by atoms with E-state index in [2.05, 4.69) is 35.8 Å². The molecule has 2 aliphatic rings. The molecule has 2 heterocycles. The van der Waals surface area contributed by atoms with E-state index in [1.807, 2.05) is 0 Å². The van der Waals surface area contributed by atoms with Crippen molar-refractivity contribution in [1.29, 1.82) is 0 Å². The van der Waals surface area contributed by atoms with Crippen molar-refractivity contribution < 1.29 is 4.74 Å². The standard InChI is InChI=1S/C15H22N2O/c1-15(6-2-7-17-15)11-18-14-4-3-13-10-16-8-5-12(13)9-14/h3-4,9,16-17H,2,5-8,10-11H2,1H3. The van der Waals surface area contributed by atoms with Gasteiger partial charge in [-0.25, -0.2) is 0 Å². The summed E-state index contributed by atoms with van der Waals surface area (Å²) in [7, 11) is 0. The second-order valence-electron chi connectivity index (χ2n) is 5.74. The fraction of sp³-hybridized carbons (Fsp3) is 0.600. The van der Waals surface area contributed by atoms with E-state index in [9.17, 15) is 0 Å². The van der Waals surface area contributed by atoms with Crippen LogP contribution in [0.25, 0.3) is 0 Å². The molecule has 3 rings (SSSR count). The first kappa shape index (κ1) is 12.0. The molecule has 0 aliphatic carbocycles. The number of nitrogens with one attached hydrogen (secondary N) is 2. The molecule has 1 aromatic carbocycles. The lowest BCUT2D eigenvalue weighted by atomic mass is 10.0. The molecule has 0 radical (unpaired) electrons. The first-order chi connectivity index (χ1) is 8.75. The summed E-state index contributed by atoms with van der Waals surface area (Å²) in [5.74, 6) is 1.02. The van der Waals surface area contributed by atoms with Crippen molar-refractivity contribution in [3.05, 3.63) is 29.3 Å². The maximum Gasteiger partial charge on any atom is 0.119 e. The van der Waals surface area contributed by atoms with Crippen molar-refractivity contribution in [2.75, 3.05) is 19.7 Å². The van der Waals surface area contributed by atoms with Crippen LogP contribution in [0.1, 0.15) is 30.9 Å². The summed E-state index contributed by atoms with van der Waals surface area (Å²) in [5.41, 5.74) is 3.02. The van der Waals surface area contributed by atoms with Crippen LogP contribution in [0.5, 0.6) is 5.75 Å². The van der Waals surface area contributed by atoms with Crippen molar-refractivity contribution >= 4 is 0 Å². The summed E-state index contributed by atoms with van der Waals surface area (Å²) < 4.78 is 5.98. The molecule has 1 atom stereocenters. The van der Waals surface area contributed by atoms with Gasteiger partial charge < -0.3 is 15.4 Å². The van der Waals surface area contributed by atoms with Crippen LogP contribution in [-0.4, -0.2) is 25.2 Å². The van der Waals surface area contributed by atoms with Crippen LogP contribution in [0.15, 0.2) is 18.2 Å².